The Hall–Kier alpha value is -1.62. The summed E-state index contributed by atoms with van der Waals surface area (Å²) in [6.45, 7) is 2.40. The van der Waals surface area contributed by atoms with E-state index in [0.717, 1.165) is 42.5 Å². The van der Waals surface area contributed by atoms with Crippen molar-refractivity contribution in [3.8, 4) is 0 Å². The van der Waals surface area contributed by atoms with Crippen LogP contribution in [-0.2, 0) is 11.8 Å². The molecule has 0 bridgehead atoms. The molecule has 0 aliphatic heterocycles. The molecule has 18 heavy (non-hydrogen) atoms. The van der Waals surface area contributed by atoms with E-state index >= 15 is 0 Å². The Kier molecular flexibility index (Phi) is 3.15. The van der Waals surface area contributed by atoms with Gasteiger partial charge in [-0.15, -0.1) is 0 Å². The van der Waals surface area contributed by atoms with Crippen molar-refractivity contribution in [2.45, 2.75) is 12.8 Å². The lowest BCUT2D eigenvalue weighted by atomic mass is 10.4. The third kappa shape index (κ3) is 2.46. The zero-order valence-electron chi connectivity index (χ0n) is 10.6. The van der Waals surface area contributed by atoms with Gasteiger partial charge in [-0.3, -0.25) is 0 Å². The van der Waals surface area contributed by atoms with E-state index in [1.807, 2.05) is 17.7 Å². The van der Waals surface area contributed by atoms with E-state index in [-0.39, 0.29) is 0 Å². The predicted octanol–water partition coefficient (Wildman–Crippen LogP) is 1.81. The number of imidazole rings is 1. The number of ether oxygens (including phenoxy) is 1. The Labute approximate surface area is 106 Å². The first-order valence-corrected chi connectivity index (χ1v) is 6.42. The van der Waals surface area contributed by atoms with Gasteiger partial charge in [-0.1, -0.05) is 0 Å². The molecule has 1 aliphatic carbocycles. The molecular weight excluding hydrogens is 228 g/mol. The van der Waals surface area contributed by atoms with Crippen LogP contribution in [0.1, 0.15) is 12.8 Å². The van der Waals surface area contributed by atoms with Gasteiger partial charge in [0.25, 0.3) is 0 Å². The number of nitrogens with zero attached hydrogens (tertiary/aromatic N) is 3. The van der Waals surface area contributed by atoms with E-state index in [4.69, 9.17) is 4.74 Å². The summed E-state index contributed by atoms with van der Waals surface area (Å²) in [5.74, 6) is 1.66. The molecule has 3 rings (SSSR count). The van der Waals surface area contributed by atoms with Gasteiger partial charge in [0.15, 0.2) is 5.82 Å². The molecule has 2 aromatic rings. The number of fused-ring (bicyclic) bond motifs is 1. The van der Waals surface area contributed by atoms with Gasteiger partial charge in [-0.25, -0.2) is 9.97 Å². The number of nitrogens with one attached hydrogen (secondary N) is 1. The van der Waals surface area contributed by atoms with E-state index in [0.29, 0.717) is 0 Å². The molecule has 1 fully saturated rings. The van der Waals surface area contributed by atoms with Crippen LogP contribution in [0.15, 0.2) is 18.6 Å². The minimum absolute atomic E-state index is 0.724. The molecule has 5 nitrogen and oxygen atoms in total. The normalized spacial score (nSPS) is 15.2. The number of anilines is 1. The zero-order chi connectivity index (χ0) is 12.4. The topological polar surface area (TPSA) is 52.0 Å². The second-order valence-electron chi connectivity index (χ2n) is 4.83. The number of hydrogen-bond acceptors (Lipinski definition) is 4. The van der Waals surface area contributed by atoms with Crippen molar-refractivity contribution in [3.05, 3.63) is 18.6 Å². The van der Waals surface area contributed by atoms with Crippen molar-refractivity contribution in [2.75, 3.05) is 25.1 Å². The van der Waals surface area contributed by atoms with Crippen LogP contribution in [0.3, 0.4) is 0 Å². The van der Waals surface area contributed by atoms with Gasteiger partial charge >= 0.3 is 0 Å². The first-order chi connectivity index (χ1) is 8.84. The lowest BCUT2D eigenvalue weighted by Gasteiger charge is -2.06. The van der Waals surface area contributed by atoms with E-state index in [2.05, 4.69) is 15.3 Å². The van der Waals surface area contributed by atoms with E-state index < -0.39 is 0 Å². The average Bonchev–Trinajstić information content (AvgIpc) is 3.13. The molecule has 2 aromatic heterocycles. The summed E-state index contributed by atoms with van der Waals surface area (Å²) in [6, 6.07) is 1.97. The summed E-state index contributed by atoms with van der Waals surface area (Å²) >= 11 is 0. The standard InChI is InChI=1S/C13H18N4O/c1-17-9-16-12-11(17)4-5-14-13(12)15-6-7-18-8-10-2-3-10/h4-5,9-10H,2-3,6-8H2,1H3,(H,14,15). The van der Waals surface area contributed by atoms with E-state index in [9.17, 15) is 0 Å². The maximum atomic E-state index is 5.58. The van der Waals surface area contributed by atoms with Crippen LogP contribution in [-0.4, -0.2) is 34.3 Å². The highest BCUT2D eigenvalue weighted by molar-refractivity contribution is 5.85. The molecule has 0 spiro atoms. The summed E-state index contributed by atoms with van der Waals surface area (Å²) in [6.07, 6.45) is 6.28. The van der Waals surface area contributed by atoms with Crippen molar-refractivity contribution in [3.63, 3.8) is 0 Å². The molecule has 0 amide bonds. The van der Waals surface area contributed by atoms with Crippen LogP contribution in [0.4, 0.5) is 5.82 Å². The summed E-state index contributed by atoms with van der Waals surface area (Å²) in [7, 11) is 1.98. The van der Waals surface area contributed by atoms with Gasteiger partial charge in [0, 0.05) is 26.4 Å². The molecule has 0 aromatic carbocycles. The van der Waals surface area contributed by atoms with Crippen molar-refractivity contribution in [1.29, 1.82) is 0 Å². The van der Waals surface area contributed by atoms with E-state index in [1.165, 1.54) is 12.8 Å². The first kappa shape index (κ1) is 11.5. The minimum atomic E-state index is 0.724. The summed E-state index contributed by atoms with van der Waals surface area (Å²) in [4.78, 5) is 8.68. The number of hydrogen-bond donors (Lipinski definition) is 1. The minimum Gasteiger partial charge on any atom is -0.379 e. The lowest BCUT2D eigenvalue weighted by molar-refractivity contribution is 0.134. The molecular formula is C13H18N4O. The molecule has 0 unspecified atom stereocenters. The van der Waals surface area contributed by atoms with Crippen LogP contribution in [0.25, 0.3) is 11.0 Å². The van der Waals surface area contributed by atoms with Crippen LogP contribution in [0.5, 0.6) is 0 Å². The third-order valence-electron chi connectivity index (χ3n) is 3.23. The van der Waals surface area contributed by atoms with Crippen LogP contribution in [0.2, 0.25) is 0 Å². The Morgan fingerprint density at radius 3 is 3.17 bits per heavy atom. The van der Waals surface area contributed by atoms with Crippen LogP contribution < -0.4 is 5.32 Å². The Balaban J connectivity index is 1.56. The van der Waals surface area contributed by atoms with Gasteiger partial charge in [0.05, 0.1) is 18.5 Å². The highest BCUT2D eigenvalue weighted by atomic mass is 16.5. The fourth-order valence-corrected chi connectivity index (χ4v) is 1.97. The molecule has 1 N–H and O–H groups in total. The highest BCUT2D eigenvalue weighted by Crippen LogP contribution is 2.28. The first-order valence-electron chi connectivity index (χ1n) is 6.42. The summed E-state index contributed by atoms with van der Waals surface area (Å²) in [5, 5.41) is 3.28. The number of aryl methyl sites for hydroxylation is 1. The average molecular weight is 246 g/mol. The number of pyridine rings is 1. The molecule has 0 saturated heterocycles. The monoisotopic (exact) mass is 246 g/mol. The van der Waals surface area contributed by atoms with Crippen molar-refractivity contribution in [1.82, 2.24) is 14.5 Å². The van der Waals surface area contributed by atoms with Gasteiger partial charge in [-0.05, 0) is 24.8 Å². The van der Waals surface area contributed by atoms with Crippen LogP contribution >= 0.6 is 0 Å². The maximum absolute atomic E-state index is 5.58. The molecule has 96 valence electrons. The molecule has 5 heteroatoms. The molecule has 0 radical (unpaired) electrons. The molecule has 1 aliphatic rings. The predicted molar refractivity (Wildman–Crippen MR) is 70.5 cm³/mol. The number of aromatic nitrogens is 3. The van der Waals surface area contributed by atoms with Gasteiger partial charge < -0.3 is 14.6 Å². The fraction of sp³-hybridized carbons (Fsp3) is 0.538. The third-order valence-corrected chi connectivity index (χ3v) is 3.23. The largest absolute Gasteiger partial charge is 0.379 e. The summed E-state index contributed by atoms with van der Waals surface area (Å²) in [5.41, 5.74) is 2.01. The highest BCUT2D eigenvalue weighted by Gasteiger charge is 2.20. The van der Waals surface area contributed by atoms with Gasteiger partial charge in [-0.2, -0.15) is 0 Å². The SMILES string of the molecule is Cn1cnc2c(NCCOCC3CC3)nccc21. The van der Waals surface area contributed by atoms with Crippen molar-refractivity contribution in [2.24, 2.45) is 13.0 Å². The summed E-state index contributed by atoms with van der Waals surface area (Å²) < 4.78 is 7.57. The second kappa shape index (κ2) is 4.94. The zero-order valence-corrected chi connectivity index (χ0v) is 10.6. The Bertz CT molecular complexity index is 533. The maximum Gasteiger partial charge on any atom is 0.154 e. The fourth-order valence-electron chi connectivity index (χ4n) is 1.97. The molecule has 0 atom stereocenters. The van der Waals surface area contributed by atoms with Crippen molar-refractivity contribution < 1.29 is 4.74 Å². The lowest BCUT2D eigenvalue weighted by Crippen LogP contribution is -2.11. The van der Waals surface area contributed by atoms with Crippen molar-refractivity contribution >= 4 is 16.9 Å². The van der Waals surface area contributed by atoms with E-state index in [1.54, 1.807) is 12.5 Å². The Morgan fingerprint density at radius 2 is 2.33 bits per heavy atom. The smallest absolute Gasteiger partial charge is 0.154 e. The quantitative estimate of drug-likeness (QED) is 0.790. The number of rotatable bonds is 6. The molecule has 1 saturated carbocycles. The van der Waals surface area contributed by atoms with Gasteiger partial charge in [0.2, 0.25) is 0 Å². The van der Waals surface area contributed by atoms with Crippen LogP contribution in [0, 0.1) is 5.92 Å². The van der Waals surface area contributed by atoms with Gasteiger partial charge in [0.1, 0.15) is 5.52 Å². The Morgan fingerprint density at radius 1 is 1.44 bits per heavy atom. The molecule has 2 heterocycles. The second-order valence-corrected chi connectivity index (χ2v) is 4.83.